The molecule has 96 valence electrons. The van der Waals surface area contributed by atoms with Crippen LogP contribution in [0.4, 0.5) is 13.2 Å². The summed E-state index contributed by atoms with van der Waals surface area (Å²) in [5.74, 6) is 1.40. The molecule has 1 saturated heterocycles. The fourth-order valence-corrected chi connectivity index (χ4v) is 2.13. The van der Waals surface area contributed by atoms with E-state index in [2.05, 4.69) is 18.6 Å². The van der Waals surface area contributed by atoms with E-state index in [1.807, 2.05) is 4.90 Å². The zero-order valence-electron chi connectivity index (χ0n) is 9.89. The van der Waals surface area contributed by atoms with Gasteiger partial charge >= 0.3 is 6.36 Å². The van der Waals surface area contributed by atoms with E-state index in [1.54, 1.807) is 0 Å². The molecule has 0 aromatic heterocycles. The number of hydrogen-bond acceptors (Lipinski definition) is 2. The molecule has 1 fully saturated rings. The Balaban J connectivity index is 2.13. The van der Waals surface area contributed by atoms with Crippen LogP contribution in [-0.2, 0) is 4.74 Å². The van der Waals surface area contributed by atoms with Crippen molar-refractivity contribution in [2.24, 2.45) is 11.8 Å². The van der Waals surface area contributed by atoms with E-state index in [1.165, 1.54) is 0 Å². The quantitative estimate of drug-likeness (QED) is 0.748. The molecule has 0 bridgehead atoms. The van der Waals surface area contributed by atoms with E-state index in [-0.39, 0.29) is 6.61 Å². The molecule has 2 nitrogen and oxygen atoms in total. The van der Waals surface area contributed by atoms with Gasteiger partial charge in [0.2, 0.25) is 0 Å². The molecule has 1 aliphatic rings. The summed E-state index contributed by atoms with van der Waals surface area (Å²) in [6, 6.07) is 0. The van der Waals surface area contributed by atoms with Crippen LogP contribution >= 0.6 is 0 Å². The second-order valence-corrected chi connectivity index (χ2v) is 4.72. The lowest BCUT2D eigenvalue weighted by atomic mass is 9.87. The minimum Gasteiger partial charge on any atom is -0.301 e. The van der Waals surface area contributed by atoms with Crippen LogP contribution in [0.5, 0.6) is 0 Å². The van der Waals surface area contributed by atoms with Gasteiger partial charge in [-0.15, -0.1) is 13.2 Å². The van der Waals surface area contributed by atoms with Crippen molar-refractivity contribution < 1.29 is 17.9 Å². The molecule has 16 heavy (non-hydrogen) atoms. The van der Waals surface area contributed by atoms with Gasteiger partial charge in [0.1, 0.15) is 0 Å². The van der Waals surface area contributed by atoms with Crippen LogP contribution in [0.3, 0.4) is 0 Å². The SMILES string of the molecule is CC(C)C1CCN(CCOC(F)(F)F)CC1. The predicted octanol–water partition coefficient (Wildman–Crippen LogP) is 2.89. The number of likely N-dealkylation sites (tertiary alicyclic amines) is 1. The summed E-state index contributed by atoms with van der Waals surface area (Å²) >= 11 is 0. The van der Waals surface area contributed by atoms with Crippen molar-refractivity contribution in [1.29, 1.82) is 0 Å². The molecule has 0 atom stereocenters. The number of hydrogen-bond donors (Lipinski definition) is 0. The highest BCUT2D eigenvalue weighted by Gasteiger charge is 2.29. The fraction of sp³-hybridized carbons (Fsp3) is 1.00. The Bertz CT molecular complexity index is 198. The predicted molar refractivity (Wildman–Crippen MR) is 56.0 cm³/mol. The number of halogens is 3. The third kappa shape index (κ3) is 5.16. The maximum Gasteiger partial charge on any atom is 0.522 e. The Morgan fingerprint density at radius 3 is 2.25 bits per heavy atom. The molecule has 0 aliphatic carbocycles. The number of rotatable bonds is 4. The third-order valence-corrected chi connectivity index (χ3v) is 3.25. The van der Waals surface area contributed by atoms with Crippen molar-refractivity contribution in [3.05, 3.63) is 0 Å². The summed E-state index contributed by atoms with van der Waals surface area (Å²) in [6.07, 6.45) is -2.32. The number of nitrogens with zero attached hydrogens (tertiary/aromatic N) is 1. The molecule has 1 heterocycles. The van der Waals surface area contributed by atoms with Crippen LogP contribution in [0.1, 0.15) is 26.7 Å². The summed E-state index contributed by atoms with van der Waals surface area (Å²) in [6.45, 7) is 6.31. The molecule has 0 amide bonds. The first-order chi connectivity index (χ1) is 7.38. The average molecular weight is 239 g/mol. The molecule has 1 aliphatic heterocycles. The van der Waals surface area contributed by atoms with Crippen LogP contribution in [0, 0.1) is 11.8 Å². The number of piperidine rings is 1. The molecule has 0 aromatic carbocycles. The zero-order valence-corrected chi connectivity index (χ0v) is 9.89. The number of alkyl halides is 3. The molecule has 5 heteroatoms. The van der Waals surface area contributed by atoms with Crippen LogP contribution < -0.4 is 0 Å². The largest absolute Gasteiger partial charge is 0.522 e. The van der Waals surface area contributed by atoms with Gasteiger partial charge in [0.15, 0.2) is 0 Å². The fourth-order valence-electron chi connectivity index (χ4n) is 2.13. The molecular formula is C11H20F3NO. The minimum absolute atomic E-state index is 0.254. The first-order valence-corrected chi connectivity index (χ1v) is 5.81. The second-order valence-electron chi connectivity index (χ2n) is 4.72. The molecule has 0 N–H and O–H groups in total. The van der Waals surface area contributed by atoms with Gasteiger partial charge < -0.3 is 4.90 Å². The van der Waals surface area contributed by atoms with Gasteiger partial charge in [0.05, 0.1) is 6.61 Å². The molecule has 0 radical (unpaired) electrons. The van der Waals surface area contributed by atoms with Gasteiger partial charge in [-0.25, -0.2) is 0 Å². The van der Waals surface area contributed by atoms with Gasteiger partial charge in [-0.3, -0.25) is 4.74 Å². The van der Waals surface area contributed by atoms with E-state index in [9.17, 15) is 13.2 Å². The smallest absolute Gasteiger partial charge is 0.301 e. The Morgan fingerprint density at radius 2 is 1.81 bits per heavy atom. The molecular weight excluding hydrogens is 219 g/mol. The van der Waals surface area contributed by atoms with Gasteiger partial charge in [-0.2, -0.15) is 0 Å². The Morgan fingerprint density at radius 1 is 1.25 bits per heavy atom. The zero-order chi connectivity index (χ0) is 12.2. The Kier molecular flexibility index (Phi) is 5.05. The topological polar surface area (TPSA) is 12.5 Å². The standard InChI is InChI=1S/C11H20F3NO/c1-9(2)10-3-5-15(6-4-10)7-8-16-11(12,13)14/h9-10H,3-8H2,1-2H3. The van der Waals surface area contributed by atoms with Crippen LogP contribution in [0.15, 0.2) is 0 Å². The summed E-state index contributed by atoms with van der Waals surface area (Å²) < 4.78 is 39.0. The Hall–Kier alpha value is -0.290. The molecule has 0 saturated carbocycles. The summed E-state index contributed by atoms with van der Waals surface area (Å²) in [5, 5.41) is 0. The highest BCUT2D eigenvalue weighted by atomic mass is 19.4. The van der Waals surface area contributed by atoms with E-state index < -0.39 is 6.36 Å². The summed E-state index contributed by atoms with van der Waals surface area (Å²) in [5.41, 5.74) is 0. The molecule has 0 spiro atoms. The van der Waals surface area contributed by atoms with Gasteiger partial charge in [-0.1, -0.05) is 13.8 Å². The van der Waals surface area contributed by atoms with Crippen LogP contribution in [0.2, 0.25) is 0 Å². The third-order valence-electron chi connectivity index (χ3n) is 3.25. The molecule has 1 rings (SSSR count). The van der Waals surface area contributed by atoms with Crippen molar-refractivity contribution in [3.8, 4) is 0 Å². The number of ether oxygens (including phenoxy) is 1. The summed E-state index contributed by atoms with van der Waals surface area (Å²) in [7, 11) is 0. The normalized spacial score (nSPS) is 20.6. The molecule has 0 unspecified atom stereocenters. The van der Waals surface area contributed by atoms with Crippen molar-refractivity contribution in [2.45, 2.75) is 33.1 Å². The van der Waals surface area contributed by atoms with Crippen molar-refractivity contribution in [2.75, 3.05) is 26.2 Å². The lowest BCUT2D eigenvalue weighted by Crippen LogP contribution is -2.37. The minimum atomic E-state index is -4.49. The van der Waals surface area contributed by atoms with E-state index in [4.69, 9.17) is 0 Å². The lowest BCUT2D eigenvalue weighted by Gasteiger charge is -2.33. The van der Waals surface area contributed by atoms with Gasteiger partial charge in [0, 0.05) is 6.54 Å². The van der Waals surface area contributed by atoms with E-state index in [0.717, 1.165) is 31.8 Å². The molecule has 0 aromatic rings. The summed E-state index contributed by atoms with van der Waals surface area (Å²) in [4.78, 5) is 2.05. The van der Waals surface area contributed by atoms with Gasteiger partial charge in [-0.05, 0) is 37.8 Å². The highest BCUT2D eigenvalue weighted by molar-refractivity contribution is 4.74. The maximum atomic E-state index is 11.7. The second kappa shape index (κ2) is 5.87. The van der Waals surface area contributed by atoms with Crippen LogP contribution in [-0.4, -0.2) is 37.5 Å². The lowest BCUT2D eigenvalue weighted by molar-refractivity contribution is -0.325. The first-order valence-electron chi connectivity index (χ1n) is 5.81. The first kappa shape index (κ1) is 13.8. The maximum absolute atomic E-state index is 11.7. The van der Waals surface area contributed by atoms with Crippen molar-refractivity contribution in [3.63, 3.8) is 0 Å². The van der Waals surface area contributed by atoms with Crippen molar-refractivity contribution in [1.82, 2.24) is 4.90 Å². The van der Waals surface area contributed by atoms with Gasteiger partial charge in [0.25, 0.3) is 0 Å². The monoisotopic (exact) mass is 239 g/mol. The Labute approximate surface area is 94.8 Å². The van der Waals surface area contributed by atoms with Crippen molar-refractivity contribution >= 4 is 0 Å². The van der Waals surface area contributed by atoms with E-state index >= 15 is 0 Å². The average Bonchev–Trinajstić information content (AvgIpc) is 2.16. The van der Waals surface area contributed by atoms with E-state index in [0.29, 0.717) is 12.5 Å². The van der Waals surface area contributed by atoms with Crippen LogP contribution in [0.25, 0.3) is 0 Å². The highest BCUT2D eigenvalue weighted by Crippen LogP contribution is 2.24.